The summed E-state index contributed by atoms with van der Waals surface area (Å²) in [6, 6.07) is 25.2. The van der Waals surface area contributed by atoms with Crippen molar-refractivity contribution in [3.05, 3.63) is 102 Å². The number of furan rings is 1. The number of amides is 1. The number of rotatable bonds is 6. The van der Waals surface area contributed by atoms with E-state index in [2.05, 4.69) is 5.32 Å². The summed E-state index contributed by atoms with van der Waals surface area (Å²) < 4.78 is 11.3. The Kier molecular flexibility index (Phi) is 4.88. The molecule has 0 aliphatic heterocycles. The third-order valence-corrected chi connectivity index (χ3v) is 4.33. The van der Waals surface area contributed by atoms with Gasteiger partial charge in [0.05, 0.1) is 12.8 Å². The zero-order valence-electron chi connectivity index (χ0n) is 14.7. The maximum Gasteiger partial charge on any atom is 0.251 e. The number of ether oxygens (including phenoxy) is 1. The topological polar surface area (TPSA) is 51.5 Å². The molecular weight excluding hydrogens is 338 g/mol. The fourth-order valence-corrected chi connectivity index (χ4v) is 2.94. The molecule has 4 aromatic rings. The Morgan fingerprint density at radius 1 is 0.926 bits per heavy atom. The molecule has 4 nitrogen and oxygen atoms in total. The molecule has 0 fully saturated rings. The second kappa shape index (κ2) is 7.79. The second-order valence-corrected chi connectivity index (χ2v) is 6.23. The molecule has 1 heterocycles. The van der Waals surface area contributed by atoms with Crippen LogP contribution in [-0.2, 0) is 13.2 Å². The molecule has 0 aliphatic rings. The van der Waals surface area contributed by atoms with Crippen LogP contribution in [-0.4, -0.2) is 5.91 Å². The first-order chi connectivity index (χ1) is 13.3. The number of hydrogen-bond acceptors (Lipinski definition) is 3. The summed E-state index contributed by atoms with van der Waals surface area (Å²) in [6.45, 7) is 0.793. The van der Waals surface area contributed by atoms with Gasteiger partial charge in [-0.2, -0.15) is 0 Å². The van der Waals surface area contributed by atoms with Gasteiger partial charge in [-0.05, 0) is 35.2 Å². The molecule has 27 heavy (non-hydrogen) atoms. The highest BCUT2D eigenvalue weighted by molar-refractivity contribution is 6.00. The highest BCUT2D eigenvalue weighted by atomic mass is 16.5. The van der Waals surface area contributed by atoms with Gasteiger partial charge in [0.15, 0.2) is 0 Å². The van der Waals surface area contributed by atoms with Gasteiger partial charge >= 0.3 is 0 Å². The molecule has 134 valence electrons. The first kappa shape index (κ1) is 16.9. The fourth-order valence-electron chi connectivity index (χ4n) is 2.94. The van der Waals surface area contributed by atoms with Crippen LogP contribution >= 0.6 is 0 Å². The predicted molar refractivity (Wildman–Crippen MR) is 105 cm³/mol. The Bertz CT molecular complexity index is 1040. The monoisotopic (exact) mass is 357 g/mol. The second-order valence-electron chi connectivity index (χ2n) is 6.23. The Balaban J connectivity index is 1.58. The van der Waals surface area contributed by atoms with Crippen LogP contribution in [0.4, 0.5) is 0 Å². The zero-order valence-corrected chi connectivity index (χ0v) is 14.7. The third-order valence-electron chi connectivity index (χ3n) is 4.33. The van der Waals surface area contributed by atoms with Gasteiger partial charge < -0.3 is 14.5 Å². The molecule has 1 N–H and O–H groups in total. The largest absolute Gasteiger partial charge is 0.488 e. The summed E-state index contributed by atoms with van der Waals surface area (Å²) in [7, 11) is 0. The lowest BCUT2D eigenvalue weighted by molar-refractivity contribution is 0.0947. The van der Waals surface area contributed by atoms with Crippen LogP contribution in [0.5, 0.6) is 5.75 Å². The van der Waals surface area contributed by atoms with Crippen molar-refractivity contribution >= 4 is 16.7 Å². The van der Waals surface area contributed by atoms with E-state index in [0.29, 0.717) is 30.2 Å². The summed E-state index contributed by atoms with van der Waals surface area (Å²) in [6.07, 6.45) is 1.59. The molecular formula is C23H19NO3. The van der Waals surface area contributed by atoms with E-state index in [1.54, 1.807) is 18.4 Å². The Hall–Kier alpha value is -3.53. The van der Waals surface area contributed by atoms with Crippen LogP contribution in [0.25, 0.3) is 10.8 Å². The van der Waals surface area contributed by atoms with E-state index in [-0.39, 0.29) is 5.91 Å². The fraction of sp³-hybridized carbons (Fsp3) is 0.0870. The lowest BCUT2D eigenvalue weighted by atomic mass is 10.1. The minimum Gasteiger partial charge on any atom is -0.488 e. The molecule has 0 saturated carbocycles. The van der Waals surface area contributed by atoms with Crippen molar-refractivity contribution < 1.29 is 13.9 Å². The maximum absolute atomic E-state index is 12.6. The Morgan fingerprint density at radius 2 is 1.74 bits per heavy atom. The summed E-state index contributed by atoms with van der Waals surface area (Å²) in [5.74, 6) is 1.24. The molecule has 0 bridgehead atoms. The van der Waals surface area contributed by atoms with E-state index in [4.69, 9.17) is 9.15 Å². The van der Waals surface area contributed by atoms with Crippen LogP contribution in [0.15, 0.2) is 89.5 Å². The van der Waals surface area contributed by atoms with E-state index in [9.17, 15) is 4.79 Å². The van der Waals surface area contributed by atoms with Crippen molar-refractivity contribution in [3.8, 4) is 5.75 Å². The molecule has 4 rings (SSSR count). The van der Waals surface area contributed by atoms with Crippen molar-refractivity contribution in [1.29, 1.82) is 0 Å². The number of nitrogens with one attached hydrogen (secondary N) is 1. The van der Waals surface area contributed by atoms with E-state index >= 15 is 0 Å². The van der Waals surface area contributed by atoms with Gasteiger partial charge in [0.25, 0.3) is 5.91 Å². The molecule has 1 amide bonds. The lowest BCUT2D eigenvalue weighted by Gasteiger charge is -2.12. The third kappa shape index (κ3) is 4.01. The molecule has 4 heteroatoms. The molecule has 0 aliphatic carbocycles. The molecule has 0 spiro atoms. The molecule has 1 aromatic heterocycles. The van der Waals surface area contributed by atoms with Crippen LogP contribution < -0.4 is 10.1 Å². The maximum atomic E-state index is 12.6. The van der Waals surface area contributed by atoms with Gasteiger partial charge in [-0.3, -0.25) is 4.79 Å². The molecule has 0 radical (unpaired) electrons. The van der Waals surface area contributed by atoms with Crippen molar-refractivity contribution in [2.75, 3.05) is 0 Å². The van der Waals surface area contributed by atoms with Gasteiger partial charge in [-0.25, -0.2) is 0 Å². The van der Waals surface area contributed by atoms with E-state index in [1.807, 2.05) is 66.7 Å². The molecule has 3 aromatic carbocycles. The van der Waals surface area contributed by atoms with Crippen LogP contribution in [0.1, 0.15) is 21.7 Å². The van der Waals surface area contributed by atoms with Gasteiger partial charge in [0.1, 0.15) is 18.1 Å². The quantitative estimate of drug-likeness (QED) is 0.532. The average Bonchev–Trinajstić information content (AvgIpc) is 3.24. The van der Waals surface area contributed by atoms with Crippen LogP contribution in [0.3, 0.4) is 0 Å². The number of carbonyl (C=O) groups excluding carboxylic acids is 1. The summed E-state index contributed by atoms with van der Waals surface area (Å²) >= 11 is 0. The highest BCUT2D eigenvalue weighted by Gasteiger charge is 2.12. The number of benzene rings is 3. The van der Waals surface area contributed by atoms with Crippen molar-refractivity contribution in [1.82, 2.24) is 5.32 Å². The number of hydrogen-bond donors (Lipinski definition) is 1. The van der Waals surface area contributed by atoms with Crippen LogP contribution in [0.2, 0.25) is 0 Å². The molecule has 0 atom stereocenters. The van der Waals surface area contributed by atoms with Gasteiger partial charge in [-0.1, -0.05) is 54.6 Å². The number of carbonyl (C=O) groups is 1. The van der Waals surface area contributed by atoms with Crippen LogP contribution in [0, 0.1) is 0 Å². The summed E-state index contributed by atoms with van der Waals surface area (Å²) in [5.41, 5.74) is 1.64. The normalized spacial score (nSPS) is 10.7. The highest BCUT2D eigenvalue weighted by Crippen LogP contribution is 2.28. The summed E-state index contributed by atoms with van der Waals surface area (Å²) in [5, 5.41) is 4.83. The predicted octanol–water partition coefficient (Wildman–Crippen LogP) is 4.94. The van der Waals surface area contributed by atoms with Gasteiger partial charge in [-0.15, -0.1) is 0 Å². The van der Waals surface area contributed by atoms with E-state index in [0.717, 1.165) is 16.3 Å². The van der Waals surface area contributed by atoms with Gasteiger partial charge in [0, 0.05) is 10.9 Å². The van der Waals surface area contributed by atoms with Gasteiger partial charge in [0.2, 0.25) is 0 Å². The van der Waals surface area contributed by atoms with Crippen molar-refractivity contribution in [2.45, 2.75) is 13.2 Å². The molecule has 0 saturated heterocycles. The zero-order chi connectivity index (χ0) is 18.5. The van der Waals surface area contributed by atoms with Crippen molar-refractivity contribution in [3.63, 3.8) is 0 Å². The summed E-state index contributed by atoms with van der Waals surface area (Å²) in [4.78, 5) is 12.6. The first-order valence-corrected chi connectivity index (χ1v) is 8.80. The minimum absolute atomic E-state index is 0.165. The average molecular weight is 357 g/mol. The number of fused-ring (bicyclic) bond motifs is 1. The SMILES string of the molecule is O=C(NCc1ccco1)c1cc(OCc2ccccc2)c2ccccc2c1. The van der Waals surface area contributed by atoms with E-state index < -0.39 is 0 Å². The lowest BCUT2D eigenvalue weighted by Crippen LogP contribution is -2.22. The van der Waals surface area contributed by atoms with Crippen molar-refractivity contribution in [2.24, 2.45) is 0 Å². The smallest absolute Gasteiger partial charge is 0.251 e. The molecule has 0 unspecified atom stereocenters. The van der Waals surface area contributed by atoms with E-state index in [1.165, 1.54) is 0 Å². The Labute approximate surface area is 157 Å². The minimum atomic E-state index is -0.165. The first-order valence-electron chi connectivity index (χ1n) is 8.80. The Morgan fingerprint density at radius 3 is 2.56 bits per heavy atom. The standard InChI is InChI=1S/C23H19NO3/c25-23(24-15-20-10-6-12-26-20)19-13-18-9-4-5-11-21(18)22(14-19)27-16-17-7-2-1-3-8-17/h1-14H,15-16H2,(H,24,25).